The molecule has 27 heavy (non-hydrogen) atoms. The van der Waals surface area contributed by atoms with Gasteiger partial charge in [-0.05, 0) is 57.2 Å². The molecule has 0 amide bonds. The molecule has 2 aliphatic heterocycles. The van der Waals surface area contributed by atoms with E-state index in [-0.39, 0.29) is 17.2 Å². The molecule has 0 aliphatic carbocycles. The maximum Gasteiger partial charge on any atom is 0.270 e. The van der Waals surface area contributed by atoms with Gasteiger partial charge in [0.2, 0.25) is 10.0 Å². The molecule has 0 atom stereocenters. The first kappa shape index (κ1) is 20.2. The van der Waals surface area contributed by atoms with Crippen molar-refractivity contribution in [1.29, 1.82) is 0 Å². The topological polar surface area (TPSA) is 104 Å². The quantitative estimate of drug-likeness (QED) is 0.580. The third-order valence-corrected chi connectivity index (χ3v) is 7.69. The normalized spacial score (nSPS) is 21.4. The summed E-state index contributed by atoms with van der Waals surface area (Å²) in [6, 6.07) is 5.64. The second-order valence-electron chi connectivity index (χ2n) is 7.38. The summed E-state index contributed by atoms with van der Waals surface area (Å²) in [5.41, 5.74) is -0.211. The highest BCUT2D eigenvalue weighted by molar-refractivity contribution is 7.89. The van der Waals surface area contributed by atoms with Gasteiger partial charge in [0, 0.05) is 37.9 Å². The molecule has 3 rings (SSSR count). The highest BCUT2D eigenvalue weighted by atomic mass is 32.2. The smallest absolute Gasteiger partial charge is 0.270 e. The van der Waals surface area contributed by atoms with Gasteiger partial charge in [0.05, 0.1) is 9.82 Å². The number of piperidine rings is 2. The van der Waals surface area contributed by atoms with Crippen LogP contribution < -0.4 is 0 Å². The molecule has 1 N–H and O–H groups in total. The molecule has 150 valence electrons. The van der Waals surface area contributed by atoms with Crippen LogP contribution >= 0.6 is 0 Å². The van der Waals surface area contributed by atoms with Crippen molar-refractivity contribution < 1.29 is 18.4 Å². The van der Waals surface area contributed by atoms with Crippen LogP contribution in [-0.2, 0) is 10.0 Å². The number of aliphatic hydroxyl groups excluding tert-OH is 1. The molecular weight excluding hydrogens is 370 g/mol. The number of aliphatic hydroxyl groups is 1. The van der Waals surface area contributed by atoms with Crippen molar-refractivity contribution in [3.63, 3.8) is 0 Å². The number of hydrogen-bond acceptors (Lipinski definition) is 6. The Labute approximate surface area is 160 Å². The number of rotatable bonds is 6. The van der Waals surface area contributed by atoms with Crippen molar-refractivity contribution in [3.8, 4) is 0 Å². The Kier molecular flexibility index (Phi) is 6.46. The van der Waals surface area contributed by atoms with Gasteiger partial charge in [0.25, 0.3) is 5.69 Å². The highest BCUT2D eigenvalue weighted by Gasteiger charge is 2.33. The predicted octanol–water partition coefficient (Wildman–Crippen LogP) is 1.84. The number of benzene rings is 1. The lowest BCUT2D eigenvalue weighted by atomic mass is 9.92. The Morgan fingerprint density at radius 2 is 1.78 bits per heavy atom. The molecule has 2 heterocycles. The number of nitro groups is 1. The van der Waals surface area contributed by atoms with E-state index >= 15 is 0 Å². The van der Waals surface area contributed by atoms with Gasteiger partial charge < -0.3 is 10.0 Å². The monoisotopic (exact) mass is 397 g/mol. The van der Waals surface area contributed by atoms with Crippen LogP contribution in [0.15, 0.2) is 29.2 Å². The molecule has 0 bridgehead atoms. The second kappa shape index (κ2) is 8.64. The first-order valence-corrected chi connectivity index (χ1v) is 11.0. The third-order valence-electron chi connectivity index (χ3n) is 5.79. The summed E-state index contributed by atoms with van der Waals surface area (Å²) in [5.74, 6) is 0.598. The maximum absolute atomic E-state index is 12.8. The Balaban J connectivity index is 1.59. The molecule has 0 radical (unpaired) electrons. The van der Waals surface area contributed by atoms with Crippen LogP contribution in [0.2, 0.25) is 0 Å². The molecule has 0 saturated carbocycles. The molecule has 1 aromatic rings. The van der Waals surface area contributed by atoms with E-state index in [1.165, 1.54) is 22.5 Å². The standard InChI is InChI=1S/C18H27N3O5S/c22-13-8-15-4-9-19(10-5-15)16-6-11-20(12-7-16)27(25,26)18-3-1-2-17(14-18)21(23)24/h1-3,14-16,22H,4-13H2. The predicted molar refractivity (Wildman–Crippen MR) is 101 cm³/mol. The fourth-order valence-electron chi connectivity index (χ4n) is 4.14. The largest absolute Gasteiger partial charge is 0.396 e. The third kappa shape index (κ3) is 4.66. The van der Waals surface area contributed by atoms with Gasteiger partial charge in [-0.1, -0.05) is 6.07 Å². The van der Waals surface area contributed by atoms with Crippen molar-refractivity contribution in [1.82, 2.24) is 9.21 Å². The van der Waals surface area contributed by atoms with Gasteiger partial charge in [-0.2, -0.15) is 4.31 Å². The lowest BCUT2D eigenvalue weighted by molar-refractivity contribution is -0.385. The Morgan fingerprint density at radius 1 is 1.11 bits per heavy atom. The van der Waals surface area contributed by atoms with Gasteiger partial charge in [0.1, 0.15) is 0 Å². The first-order valence-electron chi connectivity index (χ1n) is 9.51. The highest BCUT2D eigenvalue weighted by Crippen LogP contribution is 2.28. The summed E-state index contributed by atoms with van der Waals surface area (Å²) in [7, 11) is -3.71. The molecule has 1 aromatic carbocycles. The zero-order valence-electron chi connectivity index (χ0n) is 15.4. The minimum Gasteiger partial charge on any atom is -0.396 e. The lowest BCUT2D eigenvalue weighted by Crippen LogP contribution is -2.49. The average molecular weight is 397 g/mol. The number of likely N-dealkylation sites (tertiary alicyclic amines) is 1. The van der Waals surface area contributed by atoms with E-state index in [1.54, 1.807) is 0 Å². The first-order chi connectivity index (χ1) is 12.9. The van der Waals surface area contributed by atoms with E-state index in [1.807, 2.05) is 0 Å². The minimum atomic E-state index is -3.71. The van der Waals surface area contributed by atoms with Crippen LogP contribution in [0, 0.1) is 16.0 Å². The van der Waals surface area contributed by atoms with E-state index < -0.39 is 14.9 Å². The van der Waals surface area contributed by atoms with Gasteiger partial charge >= 0.3 is 0 Å². The molecular formula is C18H27N3O5S. The second-order valence-corrected chi connectivity index (χ2v) is 9.32. The van der Waals surface area contributed by atoms with Crippen molar-refractivity contribution in [2.75, 3.05) is 32.8 Å². The van der Waals surface area contributed by atoms with Crippen LogP contribution in [0.3, 0.4) is 0 Å². The van der Waals surface area contributed by atoms with Gasteiger partial charge in [0.15, 0.2) is 0 Å². The summed E-state index contributed by atoms with van der Waals surface area (Å²) in [6.07, 6.45) is 4.60. The van der Waals surface area contributed by atoms with E-state index in [4.69, 9.17) is 5.11 Å². The Hall–Kier alpha value is -1.55. The fraction of sp³-hybridized carbons (Fsp3) is 0.667. The Morgan fingerprint density at radius 3 is 2.37 bits per heavy atom. The molecule has 0 spiro atoms. The molecule has 0 unspecified atom stereocenters. The number of non-ortho nitro benzene ring substituents is 1. The summed E-state index contributed by atoms with van der Waals surface area (Å²) < 4.78 is 27.1. The molecule has 2 aliphatic rings. The fourth-order valence-corrected chi connectivity index (χ4v) is 5.65. The van der Waals surface area contributed by atoms with Gasteiger partial charge in [-0.25, -0.2) is 8.42 Å². The maximum atomic E-state index is 12.8. The van der Waals surface area contributed by atoms with Crippen LogP contribution in [-0.4, -0.2) is 66.5 Å². The van der Waals surface area contributed by atoms with Gasteiger partial charge in [-0.3, -0.25) is 10.1 Å². The zero-order chi connectivity index (χ0) is 19.4. The van der Waals surface area contributed by atoms with Gasteiger partial charge in [-0.15, -0.1) is 0 Å². The van der Waals surface area contributed by atoms with Crippen LogP contribution in [0.4, 0.5) is 5.69 Å². The van der Waals surface area contributed by atoms with Crippen LogP contribution in [0.1, 0.15) is 32.1 Å². The van der Waals surface area contributed by atoms with Crippen LogP contribution in [0.5, 0.6) is 0 Å². The number of nitrogens with zero attached hydrogens (tertiary/aromatic N) is 3. The van der Waals surface area contributed by atoms with Crippen molar-refractivity contribution in [2.45, 2.75) is 43.0 Å². The van der Waals surface area contributed by atoms with E-state index in [2.05, 4.69) is 4.90 Å². The molecule has 2 saturated heterocycles. The number of nitro benzene ring substituents is 1. The molecule has 2 fully saturated rings. The molecule has 9 heteroatoms. The summed E-state index contributed by atoms with van der Waals surface area (Å²) in [5, 5.41) is 20.0. The van der Waals surface area contributed by atoms with E-state index in [0.717, 1.165) is 51.3 Å². The van der Waals surface area contributed by atoms with Crippen molar-refractivity contribution in [2.24, 2.45) is 5.92 Å². The lowest BCUT2D eigenvalue weighted by Gasteiger charge is -2.41. The van der Waals surface area contributed by atoms with Crippen molar-refractivity contribution >= 4 is 15.7 Å². The van der Waals surface area contributed by atoms with Crippen LogP contribution in [0.25, 0.3) is 0 Å². The summed E-state index contributed by atoms with van der Waals surface area (Å²) in [6.45, 7) is 3.14. The minimum absolute atomic E-state index is 0.0139. The molecule has 8 nitrogen and oxygen atoms in total. The van der Waals surface area contributed by atoms with E-state index in [9.17, 15) is 18.5 Å². The SMILES string of the molecule is O=[N+]([O-])c1cccc(S(=O)(=O)N2CCC(N3CCC(CCO)CC3)CC2)c1. The summed E-state index contributed by atoms with van der Waals surface area (Å²) >= 11 is 0. The summed E-state index contributed by atoms with van der Waals surface area (Å²) in [4.78, 5) is 12.8. The number of sulfonamides is 1. The van der Waals surface area contributed by atoms with Crippen molar-refractivity contribution in [3.05, 3.63) is 34.4 Å². The van der Waals surface area contributed by atoms with E-state index in [0.29, 0.717) is 25.0 Å². The average Bonchev–Trinajstić information content (AvgIpc) is 2.69. The zero-order valence-corrected chi connectivity index (χ0v) is 16.2. The Bertz CT molecular complexity index is 754. The molecule has 0 aromatic heterocycles. The number of hydrogen-bond donors (Lipinski definition) is 1.